The van der Waals surface area contributed by atoms with Crippen molar-refractivity contribution < 1.29 is 19.2 Å². The van der Waals surface area contributed by atoms with Crippen LogP contribution in [0.3, 0.4) is 0 Å². The van der Waals surface area contributed by atoms with Crippen molar-refractivity contribution in [1.29, 1.82) is 0 Å². The highest BCUT2D eigenvalue weighted by Gasteiger charge is 2.30. The Balaban J connectivity index is 1.63. The van der Waals surface area contributed by atoms with E-state index in [9.17, 15) is 14.9 Å². The summed E-state index contributed by atoms with van der Waals surface area (Å²) < 4.78 is 10.8. The highest BCUT2D eigenvalue weighted by molar-refractivity contribution is 5.69. The Morgan fingerprint density at radius 2 is 2.03 bits per heavy atom. The Hall–Kier alpha value is -2.39. The number of ether oxygens (including phenoxy) is 2. The number of benzene rings is 1. The fourth-order valence-electron chi connectivity index (χ4n) is 3.66. The first-order valence-electron chi connectivity index (χ1n) is 10.0. The van der Waals surface area contributed by atoms with Gasteiger partial charge >= 0.3 is 6.09 Å². The number of nitrogens with one attached hydrogen (secondary N) is 1. The second kappa shape index (κ2) is 8.96. The number of amides is 1. The van der Waals surface area contributed by atoms with Crippen LogP contribution in [0.2, 0.25) is 0 Å². The minimum Gasteiger partial charge on any atom is -0.444 e. The maximum atomic E-state index is 12.2. The number of carbonyl (C=O) groups excluding carboxylic acids is 1. The molecule has 2 saturated heterocycles. The number of nitrogens with zero attached hydrogens (tertiary/aromatic N) is 3. The molecule has 29 heavy (non-hydrogen) atoms. The van der Waals surface area contributed by atoms with Crippen molar-refractivity contribution >= 4 is 17.5 Å². The number of carbonyl (C=O) groups is 1. The second-order valence-electron chi connectivity index (χ2n) is 8.43. The molecular formula is C20H30N4O5. The lowest BCUT2D eigenvalue weighted by atomic mass is 10.1. The quantitative estimate of drug-likeness (QED) is 0.593. The number of hydrogen-bond acceptors (Lipinski definition) is 7. The molecular weight excluding hydrogens is 376 g/mol. The summed E-state index contributed by atoms with van der Waals surface area (Å²) in [6.07, 6.45) is 0.470. The van der Waals surface area contributed by atoms with E-state index in [1.165, 1.54) is 0 Å². The van der Waals surface area contributed by atoms with Crippen LogP contribution in [0.5, 0.6) is 0 Å². The zero-order valence-electron chi connectivity index (χ0n) is 17.3. The van der Waals surface area contributed by atoms with Gasteiger partial charge in [0.15, 0.2) is 0 Å². The molecule has 9 heteroatoms. The zero-order valence-corrected chi connectivity index (χ0v) is 17.3. The largest absolute Gasteiger partial charge is 0.444 e. The number of hydrogen-bond donors (Lipinski definition) is 1. The zero-order chi connectivity index (χ0) is 21.0. The van der Waals surface area contributed by atoms with Crippen molar-refractivity contribution in [1.82, 2.24) is 10.2 Å². The molecule has 0 saturated carbocycles. The highest BCUT2D eigenvalue weighted by Crippen LogP contribution is 2.32. The van der Waals surface area contributed by atoms with Gasteiger partial charge in [0.05, 0.1) is 18.1 Å². The van der Waals surface area contributed by atoms with Gasteiger partial charge in [-0.3, -0.25) is 10.1 Å². The van der Waals surface area contributed by atoms with Crippen LogP contribution in [0.4, 0.5) is 16.2 Å². The molecule has 3 rings (SSSR count). The van der Waals surface area contributed by atoms with Crippen LogP contribution in [-0.4, -0.2) is 67.0 Å². The summed E-state index contributed by atoms with van der Waals surface area (Å²) in [7, 11) is 0. The van der Waals surface area contributed by atoms with Crippen LogP contribution in [-0.2, 0) is 16.0 Å². The van der Waals surface area contributed by atoms with Gasteiger partial charge in [0.1, 0.15) is 11.3 Å². The number of morpholine rings is 1. The van der Waals surface area contributed by atoms with E-state index in [0.717, 1.165) is 6.42 Å². The van der Waals surface area contributed by atoms with Crippen molar-refractivity contribution in [2.45, 2.75) is 45.4 Å². The van der Waals surface area contributed by atoms with Gasteiger partial charge < -0.3 is 24.6 Å². The van der Waals surface area contributed by atoms with E-state index in [4.69, 9.17) is 9.47 Å². The predicted octanol–water partition coefficient (Wildman–Crippen LogP) is 2.53. The lowest BCUT2D eigenvalue weighted by molar-refractivity contribution is -0.384. The number of nitro benzene ring substituents is 1. The first-order valence-corrected chi connectivity index (χ1v) is 10.0. The maximum absolute atomic E-state index is 12.2. The van der Waals surface area contributed by atoms with Gasteiger partial charge in [-0.1, -0.05) is 12.1 Å². The van der Waals surface area contributed by atoms with E-state index in [2.05, 4.69) is 5.32 Å². The van der Waals surface area contributed by atoms with Crippen LogP contribution in [0, 0.1) is 10.1 Å². The van der Waals surface area contributed by atoms with Gasteiger partial charge in [0.2, 0.25) is 0 Å². The number of para-hydroxylation sites is 1. The molecule has 2 aliphatic rings. The van der Waals surface area contributed by atoms with E-state index in [0.29, 0.717) is 57.2 Å². The molecule has 1 aromatic carbocycles. The summed E-state index contributed by atoms with van der Waals surface area (Å²) in [6.45, 7) is 9.49. The average Bonchev–Trinajstić information content (AvgIpc) is 3.14. The lowest BCUT2D eigenvalue weighted by Gasteiger charge is -2.29. The van der Waals surface area contributed by atoms with E-state index in [1.807, 2.05) is 31.7 Å². The predicted molar refractivity (Wildman–Crippen MR) is 109 cm³/mol. The SMILES string of the molecule is CC(C)(C)OC(=O)N1CC[C@@H](NCc2cccc(N3CCOCC3)c2[N+](=O)[O-])C1. The topological polar surface area (TPSA) is 97.2 Å². The molecule has 0 unspecified atom stereocenters. The molecule has 2 heterocycles. The number of rotatable bonds is 5. The van der Waals surface area contributed by atoms with Crippen LogP contribution < -0.4 is 10.2 Å². The smallest absolute Gasteiger partial charge is 0.410 e. The fourth-order valence-corrected chi connectivity index (χ4v) is 3.66. The standard InChI is InChI=1S/C20H30N4O5/c1-20(2,3)29-19(25)23-8-7-16(14-23)21-13-15-5-4-6-17(18(15)24(26)27)22-9-11-28-12-10-22/h4-6,16,21H,7-14H2,1-3H3/t16-/m1/s1. The third-order valence-electron chi connectivity index (χ3n) is 5.05. The minimum atomic E-state index is -0.525. The molecule has 1 N–H and O–H groups in total. The van der Waals surface area contributed by atoms with Crippen molar-refractivity contribution in [3.8, 4) is 0 Å². The molecule has 1 atom stereocenters. The molecule has 9 nitrogen and oxygen atoms in total. The van der Waals surface area contributed by atoms with Gasteiger partial charge in [-0.2, -0.15) is 0 Å². The maximum Gasteiger partial charge on any atom is 0.410 e. The summed E-state index contributed by atoms with van der Waals surface area (Å²) in [4.78, 5) is 27.4. The third-order valence-corrected chi connectivity index (χ3v) is 5.05. The molecule has 0 bridgehead atoms. The Kier molecular flexibility index (Phi) is 6.59. The molecule has 1 aromatic rings. The van der Waals surface area contributed by atoms with Gasteiger partial charge in [-0.25, -0.2) is 4.79 Å². The Morgan fingerprint density at radius 1 is 1.31 bits per heavy atom. The average molecular weight is 406 g/mol. The molecule has 160 valence electrons. The molecule has 2 aliphatic heterocycles. The summed E-state index contributed by atoms with van der Waals surface area (Å²) in [6, 6.07) is 5.52. The fraction of sp³-hybridized carbons (Fsp3) is 0.650. The van der Waals surface area contributed by atoms with Crippen LogP contribution in [0.1, 0.15) is 32.8 Å². The number of likely N-dealkylation sites (tertiary alicyclic amines) is 1. The summed E-state index contributed by atoms with van der Waals surface area (Å²) in [5.74, 6) is 0. The van der Waals surface area contributed by atoms with Gasteiger partial charge in [0, 0.05) is 44.3 Å². The lowest BCUT2D eigenvalue weighted by Crippen LogP contribution is -2.38. The highest BCUT2D eigenvalue weighted by atomic mass is 16.6. The molecule has 0 aromatic heterocycles. The van der Waals surface area contributed by atoms with Crippen molar-refractivity contribution in [3.05, 3.63) is 33.9 Å². The molecule has 0 aliphatic carbocycles. The summed E-state index contributed by atoms with van der Waals surface area (Å²) >= 11 is 0. The van der Waals surface area contributed by atoms with E-state index >= 15 is 0 Å². The van der Waals surface area contributed by atoms with Crippen molar-refractivity contribution in [2.24, 2.45) is 0 Å². The van der Waals surface area contributed by atoms with E-state index in [1.54, 1.807) is 17.0 Å². The van der Waals surface area contributed by atoms with Crippen LogP contribution in [0.15, 0.2) is 18.2 Å². The molecule has 1 amide bonds. The third kappa shape index (κ3) is 5.57. The number of nitro groups is 1. The monoisotopic (exact) mass is 406 g/mol. The number of anilines is 1. The molecule has 2 fully saturated rings. The Labute approximate surface area is 171 Å². The second-order valence-corrected chi connectivity index (χ2v) is 8.43. The minimum absolute atomic E-state index is 0.0779. The van der Waals surface area contributed by atoms with E-state index in [-0.39, 0.29) is 22.7 Å². The normalized spacial score (nSPS) is 20.0. The van der Waals surface area contributed by atoms with Crippen LogP contribution >= 0.6 is 0 Å². The van der Waals surface area contributed by atoms with Gasteiger partial charge in [-0.15, -0.1) is 0 Å². The van der Waals surface area contributed by atoms with Gasteiger partial charge in [0.25, 0.3) is 5.69 Å². The van der Waals surface area contributed by atoms with E-state index < -0.39 is 5.60 Å². The van der Waals surface area contributed by atoms with Crippen molar-refractivity contribution in [3.63, 3.8) is 0 Å². The Morgan fingerprint density at radius 3 is 2.69 bits per heavy atom. The first kappa shape index (κ1) is 21.3. The summed E-state index contributed by atoms with van der Waals surface area (Å²) in [5, 5.41) is 15.2. The molecule has 0 radical (unpaired) electrons. The van der Waals surface area contributed by atoms with Crippen molar-refractivity contribution in [2.75, 3.05) is 44.3 Å². The Bertz CT molecular complexity index is 743. The summed E-state index contributed by atoms with van der Waals surface area (Å²) in [5.41, 5.74) is 0.904. The van der Waals surface area contributed by atoms with Crippen LogP contribution in [0.25, 0.3) is 0 Å². The van der Waals surface area contributed by atoms with Gasteiger partial charge in [-0.05, 0) is 33.3 Å². The first-order chi connectivity index (χ1) is 13.7. The molecule has 0 spiro atoms.